The Balaban J connectivity index is 1.35. The first-order chi connectivity index (χ1) is 16.8. The molecule has 5 rings (SSSR count). The Labute approximate surface area is 207 Å². The van der Waals surface area contributed by atoms with Gasteiger partial charge in [-0.3, -0.25) is 9.36 Å². The van der Waals surface area contributed by atoms with Gasteiger partial charge in [-0.15, -0.1) is 10.2 Å². The molecule has 0 radical (unpaired) electrons. The van der Waals surface area contributed by atoms with Crippen molar-refractivity contribution in [1.29, 1.82) is 0 Å². The molecule has 0 unspecified atom stereocenters. The second-order valence-electron chi connectivity index (χ2n) is 9.64. The van der Waals surface area contributed by atoms with Gasteiger partial charge in [0, 0.05) is 17.5 Å². The molecule has 1 fully saturated rings. The van der Waals surface area contributed by atoms with Crippen molar-refractivity contribution in [2.75, 3.05) is 11.1 Å². The van der Waals surface area contributed by atoms with Crippen molar-refractivity contribution < 1.29 is 9.18 Å². The van der Waals surface area contributed by atoms with Crippen LogP contribution in [0.25, 0.3) is 17.1 Å². The van der Waals surface area contributed by atoms with Gasteiger partial charge in [-0.25, -0.2) is 9.07 Å². The molecule has 1 amide bonds. The fraction of sp³-hybridized carbons (Fsp3) is 0.308. The Hall–Kier alpha value is -3.46. The SMILES string of the molecule is CC(C)(C)c1cc(NC(=O)CSc2nnc(-c3ccccc3F)n2C2CC2)n(-c2ccccc2)n1. The predicted molar refractivity (Wildman–Crippen MR) is 135 cm³/mol. The van der Waals surface area contributed by atoms with Crippen molar-refractivity contribution in [3.63, 3.8) is 0 Å². The molecule has 0 bridgehead atoms. The third-order valence-corrected chi connectivity index (χ3v) is 6.71. The third-order valence-electron chi connectivity index (χ3n) is 5.77. The molecule has 2 heterocycles. The molecule has 0 atom stereocenters. The van der Waals surface area contributed by atoms with Gasteiger partial charge in [-0.05, 0) is 37.1 Å². The first kappa shape index (κ1) is 23.3. The second kappa shape index (κ2) is 9.30. The van der Waals surface area contributed by atoms with Crippen LogP contribution in [-0.4, -0.2) is 36.2 Å². The van der Waals surface area contributed by atoms with Crippen LogP contribution in [0.3, 0.4) is 0 Å². The summed E-state index contributed by atoms with van der Waals surface area (Å²) in [7, 11) is 0. The summed E-state index contributed by atoms with van der Waals surface area (Å²) in [5, 5.41) is 16.9. The van der Waals surface area contributed by atoms with Gasteiger partial charge in [0.2, 0.25) is 5.91 Å². The van der Waals surface area contributed by atoms with E-state index in [4.69, 9.17) is 5.10 Å². The number of carbonyl (C=O) groups excluding carboxylic acids is 1. The fourth-order valence-electron chi connectivity index (χ4n) is 3.78. The number of anilines is 1. The highest BCUT2D eigenvalue weighted by atomic mass is 32.2. The molecule has 9 heteroatoms. The molecule has 0 spiro atoms. The molecule has 0 aliphatic heterocycles. The minimum atomic E-state index is -0.333. The first-order valence-corrected chi connectivity index (χ1v) is 12.6. The van der Waals surface area contributed by atoms with E-state index in [0.717, 1.165) is 24.2 Å². The maximum atomic E-state index is 14.4. The number of thioether (sulfide) groups is 1. The van der Waals surface area contributed by atoms with Gasteiger partial charge in [-0.2, -0.15) is 5.10 Å². The standard InChI is InChI=1S/C26H27FN6OS/c1-26(2,3)21-15-22(33(31-21)18-9-5-4-6-10-18)28-23(34)16-35-25-30-29-24(32(25)17-13-14-17)19-11-7-8-12-20(19)27/h4-12,15,17H,13-14,16H2,1-3H3,(H,28,34). The molecule has 4 aromatic rings. The number of aromatic nitrogens is 5. The van der Waals surface area contributed by atoms with Crippen molar-refractivity contribution in [3.8, 4) is 17.1 Å². The highest BCUT2D eigenvalue weighted by Gasteiger charge is 2.31. The lowest BCUT2D eigenvalue weighted by molar-refractivity contribution is -0.113. The molecule has 0 saturated heterocycles. The van der Waals surface area contributed by atoms with Gasteiger partial charge in [0.05, 0.1) is 22.7 Å². The van der Waals surface area contributed by atoms with Crippen molar-refractivity contribution in [1.82, 2.24) is 24.5 Å². The number of nitrogens with zero attached hydrogens (tertiary/aromatic N) is 5. The number of halogens is 1. The van der Waals surface area contributed by atoms with E-state index in [9.17, 15) is 9.18 Å². The molecule has 2 aromatic heterocycles. The molecule has 1 saturated carbocycles. The summed E-state index contributed by atoms with van der Waals surface area (Å²) in [4.78, 5) is 13.0. The molecule has 1 N–H and O–H groups in total. The number of hydrogen-bond donors (Lipinski definition) is 1. The fourth-order valence-corrected chi connectivity index (χ4v) is 4.58. The van der Waals surface area contributed by atoms with E-state index in [1.807, 2.05) is 41.0 Å². The zero-order valence-corrected chi connectivity index (χ0v) is 20.7. The largest absolute Gasteiger partial charge is 0.310 e. The van der Waals surface area contributed by atoms with E-state index >= 15 is 0 Å². The minimum absolute atomic E-state index is 0.146. The molecule has 180 valence electrons. The Morgan fingerprint density at radius 1 is 1.09 bits per heavy atom. The number of hydrogen-bond acceptors (Lipinski definition) is 5. The van der Waals surface area contributed by atoms with Gasteiger partial charge in [0.15, 0.2) is 11.0 Å². The van der Waals surface area contributed by atoms with E-state index in [1.54, 1.807) is 22.9 Å². The van der Waals surface area contributed by atoms with Crippen LogP contribution in [0.2, 0.25) is 0 Å². The number of nitrogens with one attached hydrogen (secondary N) is 1. The van der Waals surface area contributed by atoms with Crippen LogP contribution >= 0.6 is 11.8 Å². The summed E-state index contributed by atoms with van der Waals surface area (Å²) in [6, 6.07) is 18.4. The van der Waals surface area contributed by atoms with Crippen LogP contribution in [-0.2, 0) is 10.2 Å². The monoisotopic (exact) mass is 490 g/mol. The number of para-hydroxylation sites is 1. The third kappa shape index (κ3) is 5.00. The van der Waals surface area contributed by atoms with E-state index in [-0.39, 0.29) is 28.9 Å². The van der Waals surface area contributed by atoms with Gasteiger partial charge in [0.25, 0.3) is 0 Å². The van der Waals surface area contributed by atoms with Crippen molar-refractivity contribution in [3.05, 3.63) is 72.2 Å². The van der Waals surface area contributed by atoms with Crippen LogP contribution in [0.5, 0.6) is 0 Å². The zero-order valence-electron chi connectivity index (χ0n) is 19.9. The van der Waals surface area contributed by atoms with Crippen molar-refractivity contribution >= 4 is 23.5 Å². The molecule has 35 heavy (non-hydrogen) atoms. The number of benzene rings is 2. The zero-order chi connectivity index (χ0) is 24.6. The van der Waals surface area contributed by atoms with E-state index < -0.39 is 0 Å². The number of amides is 1. The summed E-state index contributed by atoms with van der Waals surface area (Å²) in [6.07, 6.45) is 1.98. The Bertz CT molecular complexity index is 1350. The lowest BCUT2D eigenvalue weighted by atomic mass is 9.92. The molecule has 1 aliphatic carbocycles. The van der Waals surface area contributed by atoms with Crippen LogP contribution < -0.4 is 5.32 Å². The summed E-state index contributed by atoms with van der Waals surface area (Å²) >= 11 is 1.30. The minimum Gasteiger partial charge on any atom is -0.310 e. The predicted octanol–water partition coefficient (Wildman–Crippen LogP) is 5.63. The lowest BCUT2D eigenvalue weighted by Gasteiger charge is -2.14. The maximum absolute atomic E-state index is 14.4. The average Bonchev–Trinajstić information content (AvgIpc) is 3.43. The van der Waals surface area contributed by atoms with E-state index in [1.165, 1.54) is 17.8 Å². The highest BCUT2D eigenvalue weighted by Crippen LogP contribution is 2.41. The molecule has 7 nitrogen and oxygen atoms in total. The van der Waals surface area contributed by atoms with Gasteiger partial charge in [0.1, 0.15) is 11.6 Å². The Kier molecular flexibility index (Phi) is 6.19. The van der Waals surface area contributed by atoms with Gasteiger partial charge >= 0.3 is 0 Å². The molecule has 2 aromatic carbocycles. The summed E-state index contributed by atoms with van der Waals surface area (Å²) < 4.78 is 18.1. The van der Waals surface area contributed by atoms with Gasteiger partial charge in [-0.1, -0.05) is 62.9 Å². The maximum Gasteiger partial charge on any atom is 0.236 e. The topological polar surface area (TPSA) is 77.6 Å². The Morgan fingerprint density at radius 3 is 2.49 bits per heavy atom. The smallest absolute Gasteiger partial charge is 0.236 e. The van der Waals surface area contributed by atoms with Crippen molar-refractivity contribution in [2.45, 2.75) is 50.2 Å². The van der Waals surface area contributed by atoms with Crippen LogP contribution in [0, 0.1) is 5.82 Å². The lowest BCUT2D eigenvalue weighted by Crippen LogP contribution is -2.17. The quantitative estimate of drug-likeness (QED) is 0.340. The molecular formula is C26H27FN6OS. The average molecular weight is 491 g/mol. The second-order valence-corrected chi connectivity index (χ2v) is 10.6. The van der Waals surface area contributed by atoms with E-state index in [2.05, 4.69) is 36.3 Å². The summed E-state index contributed by atoms with van der Waals surface area (Å²) in [6.45, 7) is 6.26. The molecular weight excluding hydrogens is 463 g/mol. The Morgan fingerprint density at radius 2 is 1.80 bits per heavy atom. The summed E-state index contributed by atoms with van der Waals surface area (Å²) in [5.41, 5.74) is 2.00. The first-order valence-electron chi connectivity index (χ1n) is 11.6. The normalized spacial score (nSPS) is 13.7. The van der Waals surface area contributed by atoms with Crippen LogP contribution in [0.15, 0.2) is 65.8 Å². The van der Waals surface area contributed by atoms with E-state index in [0.29, 0.717) is 22.4 Å². The molecule has 1 aliphatic rings. The van der Waals surface area contributed by atoms with Gasteiger partial charge < -0.3 is 5.32 Å². The number of carbonyl (C=O) groups is 1. The highest BCUT2D eigenvalue weighted by molar-refractivity contribution is 7.99. The number of rotatable bonds is 7. The summed E-state index contributed by atoms with van der Waals surface area (Å²) in [5.74, 6) is 0.755. The van der Waals surface area contributed by atoms with Crippen LogP contribution in [0.1, 0.15) is 45.3 Å². The van der Waals surface area contributed by atoms with Crippen LogP contribution in [0.4, 0.5) is 10.2 Å². The van der Waals surface area contributed by atoms with Crippen molar-refractivity contribution in [2.24, 2.45) is 0 Å².